The zero-order chi connectivity index (χ0) is 27.5. The molecule has 202 valence electrons. The number of halogens is 1. The number of ether oxygens (including phenoxy) is 3. The van der Waals surface area contributed by atoms with Gasteiger partial charge in [-0.05, 0) is 65.6 Å². The van der Waals surface area contributed by atoms with Crippen molar-refractivity contribution in [2.75, 3.05) is 31.1 Å². The Morgan fingerprint density at radius 2 is 1.71 bits per heavy atom. The third kappa shape index (κ3) is 6.16. The minimum absolute atomic E-state index is 0.0468. The predicted octanol–water partition coefficient (Wildman–Crippen LogP) is 4.80. The molecule has 0 bridgehead atoms. The van der Waals surface area contributed by atoms with Crippen molar-refractivity contribution >= 4 is 33.2 Å². The molecular weight excluding hydrogens is 528 g/mol. The van der Waals surface area contributed by atoms with Crippen molar-refractivity contribution in [2.24, 2.45) is 0 Å². The second-order valence-corrected chi connectivity index (χ2v) is 12.1. The van der Waals surface area contributed by atoms with Crippen LogP contribution < -0.4 is 23.8 Å². The Morgan fingerprint density at radius 3 is 2.34 bits per heavy atom. The number of methoxy groups -OCH3 is 1. The number of hydrogen-bond donors (Lipinski definition) is 1. The summed E-state index contributed by atoms with van der Waals surface area (Å²) in [6.45, 7) is 6.67. The maximum atomic E-state index is 13.6. The van der Waals surface area contributed by atoms with Crippen LogP contribution in [0.1, 0.15) is 26.3 Å². The summed E-state index contributed by atoms with van der Waals surface area (Å²) in [6, 6.07) is 18.5. The van der Waals surface area contributed by atoms with Crippen molar-refractivity contribution < 1.29 is 27.4 Å². The number of sulfonamides is 1. The number of carbonyl (C=O) groups is 1. The van der Waals surface area contributed by atoms with Gasteiger partial charge in [0.25, 0.3) is 15.9 Å². The number of nitrogens with zero attached hydrogens (tertiary/aromatic N) is 1. The van der Waals surface area contributed by atoms with Gasteiger partial charge in [-0.3, -0.25) is 9.10 Å². The maximum Gasteiger partial charge on any atom is 0.264 e. The molecule has 38 heavy (non-hydrogen) atoms. The van der Waals surface area contributed by atoms with Crippen LogP contribution in [-0.2, 0) is 20.2 Å². The highest BCUT2D eigenvalue weighted by molar-refractivity contribution is 7.92. The molecule has 1 amide bonds. The molecule has 1 heterocycles. The highest BCUT2D eigenvalue weighted by atomic mass is 35.5. The van der Waals surface area contributed by atoms with Gasteiger partial charge in [0.2, 0.25) is 0 Å². The van der Waals surface area contributed by atoms with Crippen molar-refractivity contribution in [1.82, 2.24) is 5.32 Å². The quantitative estimate of drug-likeness (QED) is 0.399. The first-order chi connectivity index (χ1) is 18.0. The molecule has 3 aromatic rings. The second kappa shape index (κ2) is 11.1. The molecule has 1 atom stereocenters. The van der Waals surface area contributed by atoms with E-state index in [0.29, 0.717) is 16.5 Å². The van der Waals surface area contributed by atoms with E-state index in [1.165, 1.54) is 30.9 Å². The molecule has 1 aliphatic rings. The summed E-state index contributed by atoms with van der Waals surface area (Å²) in [7, 11) is -2.52. The van der Waals surface area contributed by atoms with E-state index in [4.69, 9.17) is 25.8 Å². The summed E-state index contributed by atoms with van der Waals surface area (Å²) >= 11 is 6.16. The van der Waals surface area contributed by atoms with Crippen LogP contribution in [0.15, 0.2) is 71.6 Å². The highest BCUT2D eigenvalue weighted by Crippen LogP contribution is 2.39. The SMILES string of the molecule is COc1ccc(S(=O)(=O)N2C[C@H](C(=O)NCCOc3ccc(C(C)(C)C)cc3)Oc3ccc(Cl)cc32)cc1. The summed E-state index contributed by atoms with van der Waals surface area (Å²) in [5, 5.41) is 3.12. The molecule has 0 saturated heterocycles. The fourth-order valence-electron chi connectivity index (χ4n) is 3.97. The molecule has 0 aliphatic carbocycles. The van der Waals surface area contributed by atoms with E-state index >= 15 is 0 Å². The van der Waals surface area contributed by atoms with Gasteiger partial charge in [0.1, 0.15) is 23.9 Å². The van der Waals surface area contributed by atoms with Gasteiger partial charge < -0.3 is 19.5 Å². The predicted molar refractivity (Wildman–Crippen MR) is 147 cm³/mol. The average Bonchev–Trinajstić information content (AvgIpc) is 2.90. The standard InChI is InChI=1S/C28H31ClN2O6S/c1-28(2,3)19-5-8-22(9-6-19)36-16-15-30-27(32)26-18-31(24-17-20(29)7-14-25(24)37-26)38(33,34)23-12-10-21(35-4)11-13-23/h5-14,17,26H,15-16,18H2,1-4H3,(H,30,32)/t26-/m1/s1. The summed E-state index contributed by atoms with van der Waals surface area (Å²) in [5.74, 6) is 1.02. The summed E-state index contributed by atoms with van der Waals surface area (Å²) in [6.07, 6.45) is -1.07. The number of fused-ring (bicyclic) bond motifs is 1. The molecule has 1 aliphatic heterocycles. The third-order valence-corrected chi connectivity index (χ3v) is 8.15. The van der Waals surface area contributed by atoms with Gasteiger partial charge in [-0.25, -0.2) is 8.42 Å². The smallest absolute Gasteiger partial charge is 0.264 e. The van der Waals surface area contributed by atoms with Crippen molar-refractivity contribution in [3.63, 3.8) is 0 Å². The zero-order valence-electron chi connectivity index (χ0n) is 21.7. The number of amides is 1. The Kier molecular flexibility index (Phi) is 8.08. The van der Waals surface area contributed by atoms with Crippen molar-refractivity contribution in [3.8, 4) is 17.2 Å². The van der Waals surface area contributed by atoms with E-state index in [1.54, 1.807) is 24.3 Å². The molecule has 3 aromatic carbocycles. The minimum atomic E-state index is -4.02. The molecule has 0 aromatic heterocycles. The van der Waals surface area contributed by atoms with Crippen molar-refractivity contribution in [1.29, 1.82) is 0 Å². The lowest BCUT2D eigenvalue weighted by Gasteiger charge is -2.34. The number of nitrogens with one attached hydrogen (secondary N) is 1. The van der Waals surface area contributed by atoms with E-state index in [-0.39, 0.29) is 41.4 Å². The van der Waals surface area contributed by atoms with E-state index < -0.39 is 22.0 Å². The lowest BCUT2D eigenvalue weighted by Crippen LogP contribution is -2.51. The van der Waals surface area contributed by atoms with Crippen LogP contribution in [0.3, 0.4) is 0 Å². The normalized spacial score (nSPS) is 15.3. The van der Waals surface area contributed by atoms with Gasteiger partial charge in [-0.2, -0.15) is 0 Å². The summed E-state index contributed by atoms with van der Waals surface area (Å²) in [4.78, 5) is 13.0. The molecule has 10 heteroatoms. The molecule has 0 fully saturated rings. The first-order valence-electron chi connectivity index (χ1n) is 12.1. The molecular formula is C28H31ClN2O6S. The maximum absolute atomic E-state index is 13.6. The number of benzene rings is 3. The molecule has 0 saturated carbocycles. The number of rotatable bonds is 8. The highest BCUT2D eigenvalue weighted by Gasteiger charge is 2.37. The van der Waals surface area contributed by atoms with E-state index in [2.05, 4.69) is 26.1 Å². The van der Waals surface area contributed by atoms with Crippen LogP contribution in [0.5, 0.6) is 17.2 Å². The first kappa shape index (κ1) is 27.6. The molecule has 0 unspecified atom stereocenters. The van der Waals surface area contributed by atoms with E-state index in [1.807, 2.05) is 24.3 Å². The number of carbonyl (C=O) groups excluding carboxylic acids is 1. The number of hydrogen-bond acceptors (Lipinski definition) is 6. The molecule has 0 radical (unpaired) electrons. The Bertz CT molecular complexity index is 1390. The lowest BCUT2D eigenvalue weighted by molar-refractivity contribution is -0.127. The van der Waals surface area contributed by atoms with Gasteiger partial charge >= 0.3 is 0 Å². The van der Waals surface area contributed by atoms with Crippen LogP contribution in [0.4, 0.5) is 5.69 Å². The van der Waals surface area contributed by atoms with Gasteiger partial charge in [-0.15, -0.1) is 0 Å². The van der Waals surface area contributed by atoms with E-state index in [9.17, 15) is 13.2 Å². The number of anilines is 1. The Morgan fingerprint density at radius 1 is 1.05 bits per heavy atom. The van der Waals surface area contributed by atoms with Crippen molar-refractivity contribution in [3.05, 3.63) is 77.3 Å². The fraction of sp³-hybridized carbons (Fsp3) is 0.321. The van der Waals surface area contributed by atoms with Gasteiger partial charge in [-0.1, -0.05) is 44.5 Å². The molecule has 8 nitrogen and oxygen atoms in total. The molecule has 4 rings (SSSR count). The largest absolute Gasteiger partial charge is 0.497 e. The topological polar surface area (TPSA) is 94.2 Å². The van der Waals surface area contributed by atoms with Crippen LogP contribution >= 0.6 is 11.6 Å². The van der Waals surface area contributed by atoms with Crippen LogP contribution in [-0.4, -0.2) is 47.2 Å². The molecule has 1 N–H and O–H groups in total. The van der Waals surface area contributed by atoms with Crippen LogP contribution in [0.2, 0.25) is 5.02 Å². The zero-order valence-corrected chi connectivity index (χ0v) is 23.3. The van der Waals surface area contributed by atoms with Gasteiger partial charge in [0.15, 0.2) is 6.10 Å². The monoisotopic (exact) mass is 558 g/mol. The minimum Gasteiger partial charge on any atom is -0.497 e. The Hall–Kier alpha value is -3.43. The van der Waals surface area contributed by atoms with E-state index in [0.717, 1.165) is 4.31 Å². The van der Waals surface area contributed by atoms with Crippen LogP contribution in [0, 0.1) is 0 Å². The average molecular weight is 559 g/mol. The lowest BCUT2D eigenvalue weighted by atomic mass is 9.87. The third-order valence-electron chi connectivity index (χ3n) is 6.12. The molecule has 0 spiro atoms. The first-order valence-corrected chi connectivity index (χ1v) is 13.9. The summed E-state index contributed by atoms with van der Waals surface area (Å²) in [5.41, 5.74) is 1.51. The Labute approximate surface area is 228 Å². The Balaban J connectivity index is 1.44. The fourth-order valence-corrected chi connectivity index (χ4v) is 5.61. The van der Waals surface area contributed by atoms with Gasteiger partial charge in [0.05, 0.1) is 30.8 Å². The van der Waals surface area contributed by atoms with Crippen LogP contribution in [0.25, 0.3) is 0 Å². The second-order valence-electron chi connectivity index (χ2n) is 9.84. The van der Waals surface area contributed by atoms with Gasteiger partial charge in [0, 0.05) is 5.02 Å². The summed E-state index contributed by atoms with van der Waals surface area (Å²) < 4.78 is 45.0. The van der Waals surface area contributed by atoms with Crippen molar-refractivity contribution in [2.45, 2.75) is 37.2 Å².